The number of aryl methyl sites for hydroxylation is 6. The zero-order valence-corrected chi connectivity index (χ0v) is 78.8. The van der Waals surface area contributed by atoms with E-state index in [0.29, 0.717) is 17.8 Å². The van der Waals surface area contributed by atoms with Crippen LogP contribution in [0.25, 0.3) is 123 Å². The van der Waals surface area contributed by atoms with Gasteiger partial charge in [0.15, 0.2) is 0 Å². The van der Waals surface area contributed by atoms with E-state index < -0.39 is 0 Å². The quantitative estimate of drug-likeness (QED) is 0.0788. The Labute approximate surface area is 755 Å². The molecule has 0 amide bonds. The Hall–Kier alpha value is -10.3. The fourth-order valence-corrected chi connectivity index (χ4v) is 16.3. The zero-order valence-electron chi connectivity index (χ0n) is 69.3. The van der Waals surface area contributed by atoms with Crippen LogP contribution >= 0.6 is 0 Å². The van der Waals surface area contributed by atoms with Crippen molar-refractivity contribution in [2.75, 3.05) is 0 Å². The maximum atomic E-state index is 6.25. The minimum absolute atomic E-state index is 0. The van der Waals surface area contributed by atoms with Crippen molar-refractivity contribution in [1.29, 1.82) is 0 Å². The van der Waals surface area contributed by atoms with E-state index in [-0.39, 0.29) is 93.3 Å². The molecule has 119 heavy (non-hydrogen) atoms. The van der Waals surface area contributed by atoms with Gasteiger partial charge in [0.05, 0.1) is 28.8 Å². The van der Waals surface area contributed by atoms with E-state index in [1.807, 2.05) is 90.0 Å². The van der Waals surface area contributed by atoms with Crippen molar-refractivity contribution < 1.29 is 84.8 Å². The first kappa shape index (κ1) is 91.1. The largest absolute Gasteiger partial charge is 0.456 e. The standard InChI is InChI=1S/C32H27N2.C30H23N2O.C21H23N2.C20H23N4.CH4.4Ir/c1-20(2)23-16-17-25(22(4)18-23)30-19-33-32-28-14-9-13-26(24-11-6-5-10-21(24)3)31(28)27-12-7-8-15-29(27)34(30)32;1-20-17-22(19-24-11-8-13-26-25-12-6-7-14-27(25)33-29(24)26)18-21(2)28(20)32-16-15-31-30(32)23-9-4-3-5-10-23;1-15(2)18-11-8-12-19(16(3)4)20(18)23-14-13-22-21(23)17-9-6-5-7-10-17;1-14-9-16(11-20(3,4)5)10-15(2)18(14)24-13-22-23-19(24)17-7-6-8-21-12-17;;;;;/h5-13,15-20H,1-4H3;3-9,11-18H,19H2,1-2H3;5-9,11-16H,1-4H3;6,8-10,12-13H,11H2,1-5H3;1H4;;;;/q4*-1;;;;;. The second-order valence-electron chi connectivity index (χ2n) is 32.0. The fraction of sp³-hybridized carbons (Fsp3) is 0.212. The van der Waals surface area contributed by atoms with Gasteiger partial charge in [0.25, 0.3) is 0 Å². The van der Waals surface area contributed by atoms with Gasteiger partial charge in [-0.3, -0.25) is 15.0 Å². The summed E-state index contributed by atoms with van der Waals surface area (Å²) in [5.74, 6) is 4.03. The molecule has 18 aromatic rings. The summed E-state index contributed by atoms with van der Waals surface area (Å²) >= 11 is 0. The molecule has 0 N–H and O–H groups in total. The van der Waals surface area contributed by atoms with Crippen LogP contribution in [-0.2, 0) is 93.3 Å². The Morgan fingerprint density at radius 2 is 1.01 bits per heavy atom. The summed E-state index contributed by atoms with van der Waals surface area (Å²) < 4.78 is 15.0. The van der Waals surface area contributed by atoms with Crippen LogP contribution in [0.4, 0.5) is 0 Å². The van der Waals surface area contributed by atoms with Crippen LogP contribution in [0.1, 0.15) is 154 Å². The van der Waals surface area contributed by atoms with Crippen LogP contribution in [0.15, 0.2) is 273 Å². The molecule has 7 aromatic heterocycles. The number of rotatable bonds is 14. The predicted octanol–water partition coefficient (Wildman–Crippen LogP) is 26.5. The van der Waals surface area contributed by atoms with E-state index in [0.717, 1.165) is 80.6 Å². The van der Waals surface area contributed by atoms with Crippen molar-refractivity contribution in [3.8, 4) is 73.6 Å². The molecule has 612 valence electrons. The maximum Gasteiger partial charge on any atom is 0.138 e. The first-order valence-electron chi connectivity index (χ1n) is 39.5. The van der Waals surface area contributed by atoms with E-state index in [2.05, 4.69) is 325 Å². The van der Waals surface area contributed by atoms with Crippen molar-refractivity contribution in [3.05, 3.63) is 359 Å². The van der Waals surface area contributed by atoms with E-state index in [9.17, 15) is 0 Å². The van der Waals surface area contributed by atoms with Crippen LogP contribution in [-0.4, -0.2) is 48.2 Å². The number of fused-ring (bicyclic) bond motifs is 9. The molecule has 11 nitrogen and oxygen atoms in total. The van der Waals surface area contributed by atoms with Gasteiger partial charge in [-0.2, -0.15) is 5.10 Å². The molecular weight excluding hydrogens is 2170 g/mol. The molecule has 0 aliphatic rings. The monoisotopic (exact) mass is 2280 g/mol. The molecule has 0 aliphatic carbocycles. The van der Waals surface area contributed by atoms with Crippen molar-refractivity contribution in [1.82, 2.24) is 48.2 Å². The minimum Gasteiger partial charge on any atom is -0.456 e. The number of aromatic nitrogens is 10. The van der Waals surface area contributed by atoms with Crippen molar-refractivity contribution in [2.24, 2.45) is 5.41 Å². The van der Waals surface area contributed by atoms with Gasteiger partial charge in [0, 0.05) is 157 Å². The topological polar surface area (TPSA) is 110 Å². The average Bonchev–Trinajstić information content (AvgIpc) is 1.66. The number of benzene rings is 11. The molecule has 0 bridgehead atoms. The number of nitrogens with zero attached hydrogens (tertiary/aromatic N) is 10. The van der Waals surface area contributed by atoms with Gasteiger partial charge in [0.2, 0.25) is 0 Å². The van der Waals surface area contributed by atoms with Gasteiger partial charge < -0.3 is 27.5 Å². The number of furan rings is 1. The van der Waals surface area contributed by atoms with Crippen LogP contribution in [0.3, 0.4) is 0 Å². The second-order valence-corrected chi connectivity index (χ2v) is 32.0. The summed E-state index contributed by atoms with van der Waals surface area (Å²) in [6.45, 7) is 33.3. The van der Waals surface area contributed by atoms with Gasteiger partial charge in [-0.25, -0.2) is 0 Å². The molecule has 0 saturated heterocycles. The van der Waals surface area contributed by atoms with Crippen molar-refractivity contribution in [2.45, 2.75) is 142 Å². The molecule has 0 fully saturated rings. The van der Waals surface area contributed by atoms with E-state index in [1.165, 1.54) is 122 Å². The zero-order chi connectivity index (χ0) is 79.5. The molecule has 0 spiro atoms. The molecule has 0 saturated carbocycles. The SMILES string of the molecule is C.CC(C)c1cccc(C(C)C)c1-n1ccnc1-c1[c-]cccc1.Cc1cc(CC(C)(C)C)cc(C)c1-n1cnnc1-c1[c-]ccnc1.Cc1cc(Cc2cccc3c2oc2ccccc23)cc(C)c1-n1ccnc1-c1[c-]cccc1.Cc1ccccc1-c1cc[c-]c2c1c1ccccc1n1c(-c3ccc(C(C)C)cc3C)cnc21.[Ir].[Ir].[Ir].[Ir]. The number of pyridine rings is 2. The molecule has 0 atom stereocenters. The van der Waals surface area contributed by atoms with E-state index in [4.69, 9.17) is 9.40 Å². The summed E-state index contributed by atoms with van der Waals surface area (Å²) in [5, 5.41) is 14.2. The Bertz CT molecular complexity index is 6410. The van der Waals surface area contributed by atoms with Crippen LogP contribution in [0.2, 0.25) is 0 Å². The van der Waals surface area contributed by atoms with Gasteiger partial charge in [0.1, 0.15) is 17.5 Å². The molecule has 4 radical (unpaired) electrons. The normalized spacial score (nSPS) is 11.1. The first-order chi connectivity index (χ1) is 55.2. The van der Waals surface area contributed by atoms with E-state index in [1.54, 1.807) is 24.8 Å². The molecule has 0 unspecified atom stereocenters. The molecule has 18 rings (SSSR count). The Kier molecular flexibility index (Phi) is 30.4. The Balaban J connectivity index is 0.000000167. The van der Waals surface area contributed by atoms with Crippen LogP contribution < -0.4 is 0 Å². The molecule has 7 heterocycles. The second kappa shape index (κ2) is 39.7. The van der Waals surface area contributed by atoms with Crippen LogP contribution in [0, 0.1) is 71.2 Å². The number of para-hydroxylation sites is 4. The average molecular weight is 2270 g/mol. The van der Waals surface area contributed by atoms with Crippen molar-refractivity contribution in [3.63, 3.8) is 0 Å². The smallest absolute Gasteiger partial charge is 0.138 e. The predicted molar refractivity (Wildman–Crippen MR) is 476 cm³/mol. The summed E-state index contributed by atoms with van der Waals surface area (Å²) in [6.07, 6.45) is 16.9. The first-order valence-corrected chi connectivity index (χ1v) is 39.5. The maximum absolute atomic E-state index is 6.25. The summed E-state index contributed by atoms with van der Waals surface area (Å²) in [7, 11) is 0. The summed E-state index contributed by atoms with van der Waals surface area (Å²) in [5.41, 5.74) is 30.9. The molecule has 11 aromatic carbocycles. The van der Waals surface area contributed by atoms with Gasteiger partial charge in [-0.1, -0.05) is 244 Å². The number of hydrogen-bond donors (Lipinski definition) is 0. The number of imidazole rings is 3. The number of hydrogen-bond acceptors (Lipinski definition) is 7. The molecule has 0 aliphatic heterocycles. The Morgan fingerprint density at radius 1 is 0.437 bits per heavy atom. The van der Waals surface area contributed by atoms with E-state index >= 15 is 0 Å². The Morgan fingerprint density at radius 3 is 1.61 bits per heavy atom. The molecular formula is C104H100Ir4N10O-4. The van der Waals surface area contributed by atoms with Gasteiger partial charge >= 0.3 is 0 Å². The summed E-state index contributed by atoms with van der Waals surface area (Å²) in [4.78, 5) is 18.3. The van der Waals surface area contributed by atoms with Crippen molar-refractivity contribution >= 4 is 49.3 Å². The fourth-order valence-electron chi connectivity index (χ4n) is 16.3. The minimum atomic E-state index is 0. The third-order valence-electron chi connectivity index (χ3n) is 21.4. The third kappa shape index (κ3) is 19.3. The van der Waals surface area contributed by atoms with Gasteiger partial charge in [-0.15, -0.1) is 107 Å². The third-order valence-corrected chi connectivity index (χ3v) is 21.4. The van der Waals surface area contributed by atoms with Crippen LogP contribution in [0.5, 0.6) is 0 Å². The molecule has 15 heteroatoms. The van der Waals surface area contributed by atoms with Gasteiger partial charge in [-0.05, 0) is 161 Å². The summed E-state index contributed by atoms with van der Waals surface area (Å²) in [6, 6.07) is 89.8.